The van der Waals surface area contributed by atoms with E-state index in [1.807, 2.05) is 36.4 Å². The normalized spacial score (nSPS) is 14.9. The third-order valence-electron chi connectivity index (χ3n) is 4.45. The van der Waals surface area contributed by atoms with E-state index in [1.165, 1.54) is 0 Å². The molecule has 0 radical (unpaired) electrons. The third kappa shape index (κ3) is 8.47. The molecule has 0 aliphatic heterocycles. The molecule has 27 heavy (non-hydrogen) atoms. The highest BCUT2D eigenvalue weighted by atomic mass is 127. The van der Waals surface area contributed by atoms with Gasteiger partial charge in [0.2, 0.25) is 10.0 Å². The molecule has 2 N–H and O–H groups in total. The second-order valence-corrected chi connectivity index (χ2v) is 9.79. The third-order valence-corrected chi connectivity index (χ3v) is 6.42. The van der Waals surface area contributed by atoms with Crippen LogP contribution < -0.4 is 4.72 Å². The molecule has 0 amide bonds. The van der Waals surface area contributed by atoms with E-state index in [9.17, 15) is 13.2 Å². The molecule has 1 aromatic rings. The number of unbranched alkanes of at least 4 members (excludes halogenated alkanes) is 1. The Morgan fingerprint density at radius 2 is 2.07 bits per heavy atom. The highest BCUT2D eigenvalue weighted by Gasteiger charge is 2.19. The van der Waals surface area contributed by atoms with Crippen LogP contribution in [0.3, 0.4) is 0 Å². The van der Waals surface area contributed by atoms with Crippen LogP contribution in [0, 0.1) is 3.57 Å². The zero-order valence-corrected chi connectivity index (χ0v) is 18.3. The summed E-state index contributed by atoms with van der Waals surface area (Å²) in [6, 6.07) is 7.89. The molecular weight excluding hydrogens is 477 g/mol. The first kappa shape index (κ1) is 21.9. The first-order valence-corrected chi connectivity index (χ1v) is 11.9. The second kappa shape index (κ2) is 10.8. The molecule has 0 heterocycles. The van der Waals surface area contributed by atoms with Crippen molar-refractivity contribution < 1.29 is 18.3 Å². The summed E-state index contributed by atoms with van der Waals surface area (Å²) < 4.78 is 28.8. The van der Waals surface area contributed by atoms with Crippen molar-refractivity contribution in [3.8, 4) is 0 Å². The van der Waals surface area contributed by atoms with E-state index in [-0.39, 0.29) is 12.2 Å². The Morgan fingerprint density at radius 1 is 1.26 bits per heavy atom. The Hall–Kier alpha value is -1.35. The van der Waals surface area contributed by atoms with Crippen LogP contribution in [-0.4, -0.2) is 25.2 Å². The van der Waals surface area contributed by atoms with E-state index in [0.717, 1.165) is 52.5 Å². The molecule has 0 spiro atoms. The number of carboxylic acid groups (broad SMARTS) is 1. The zero-order valence-electron chi connectivity index (χ0n) is 15.3. The van der Waals surface area contributed by atoms with Gasteiger partial charge in [-0.1, -0.05) is 24.3 Å². The van der Waals surface area contributed by atoms with Crippen LogP contribution in [-0.2, 0) is 21.2 Å². The number of rotatable bonds is 11. The van der Waals surface area contributed by atoms with E-state index in [1.54, 1.807) is 0 Å². The molecule has 5 nitrogen and oxygen atoms in total. The summed E-state index contributed by atoms with van der Waals surface area (Å²) in [7, 11) is -3.36. The molecule has 1 aliphatic carbocycles. The van der Waals surface area contributed by atoms with Gasteiger partial charge < -0.3 is 5.11 Å². The fourth-order valence-corrected chi connectivity index (χ4v) is 4.89. The van der Waals surface area contributed by atoms with Gasteiger partial charge in [0.1, 0.15) is 0 Å². The summed E-state index contributed by atoms with van der Waals surface area (Å²) in [5.41, 5.74) is 3.01. The van der Waals surface area contributed by atoms with Crippen LogP contribution in [0.1, 0.15) is 50.5 Å². The lowest BCUT2D eigenvalue weighted by molar-refractivity contribution is -0.137. The number of sulfonamides is 1. The fourth-order valence-electron chi connectivity index (χ4n) is 3.05. The smallest absolute Gasteiger partial charge is 0.303 e. The molecule has 148 valence electrons. The number of hydrogen-bond donors (Lipinski definition) is 2. The predicted octanol–water partition coefficient (Wildman–Crippen LogP) is 4.39. The molecule has 0 aromatic heterocycles. The van der Waals surface area contributed by atoms with Gasteiger partial charge in [0.25, 0.3) is 0 Å². The summed E-state index contributed by atoms with van der Waals surface area (Å²) in [6.07, 6.45) is 9.41. The van der Waals surface area contributed by atoms with Crippen molar-refractivity contribution in [1.82, 2.24) is 4.72 Å². The monoisotopic (exact) mass is 503 g/mol. The summed E-state index contributed by atoms with van der Waals surface area (Å²) in [4.78, 5) is 10.5. The maximum atomic E-state index is 12.4. The van der Waals surface area contributed by atoms with Crippen molar-refractivity contribution in [2.24, 2.45) is 0 Å². The van der Waals surface area contributed by atoms with Crippen LogP contribution in [0.2, 0.25) is 0 Å². The Kier molecular flexibility index (Phi) is 8.82. The molecule has 0 fully saturated rings. The highest BCUT2D eigenvalue weighted by molar-refractivity contribution is 14.1. The molecule has 0 unspecified atom stereocenters. The minimum absolute atomic E-state index is 0.0783. The van der Waals surface area contributed by atoms with Gasteiger partial charge in [-0.25, -0.2) is 8.42 Å². The minimum Gasteiger partial charge on any atom is -0.481 e. The van der Waals surface area contributed by atoms with E-state index in [0.29, 0.717) is 12.8 Å². The largest absolute Gasteiger partial charge is 0.481 e. The molecule has 1 aromatic carbocycles. The number of allylic oxidation sites excluding steroid dienone is 4. The SMILES string of the molecule is O=C(O)CCCC=CCC1=C(NS(=O)(=O)CCc2cccc(I)c2)CCC1. The molecule has 0 bridgehead atoms. The minimum atomic E-state index is -3.36. The Morgan fingerprint density at radius 3 is 2.81 bits per heavy atom. The number of benzene rings is 1. The van der Waals surface area contributed by atoms with Crippen LogP contribution >= 0.6 is 22.6 Å². The van der Waals surface area contributed by atoms with E-state index >= 15 is 0 Å². The van der Waals surface area contributed by atoms with Gasteiger partial charge >= 0.3 is 5.97 Å². The van der Waals surface area contributed by atoms with Crippen molar-refractivity contribution in [2.45, 2.75) is 51.4 Å². The fraction of sp³-hybridized carbons (Fsp3) is 0.450. The Labute approximate surface area is 175 Å². The maximum Gasteiger partial charge on any atom is 0.303 e. The first-order chi connectivity index (χ1) is 12.9. The first-order valence-electron chi connectivity index (χ1n) is 9.18. The average Bonchev–Trinajstić information content (AvgIpc) is 3.02. The maximum absolute atomic E-state index is 12.4. The number of halogens is 1. The van der Waals surface area contributed by atoms with Crippen LogP contribution in [0.15, 0.2) is 47.7 Å². The standard InChI is InChI=1S/C20H26INO4S/c21-18-10-5-7-16(15-18)13-14-27(25,26)22-19-11-6-9-17(19)8-3-1-2-4-12-20(23)24/h1,3,5,7,10,15,22H,2,4,6,8-9,11-14H2,(H,23,24). The van der Waals surface area contributed by atoms with Crippen molar-refractivity contribution in [3.05, 3.63) is 56.8 Å². The van der Waals surface area contributed by atoms with E-state index < -0.39 is 16.0 Å². The Balaban J connectivity index is 1.86. The van der Waals surface area contributed by atoms with Gasteiger partial charge in [-0.15, -0.1) is 0 Å². The molecule has 0 saturated carbocycles. The van der Waals surface area contributed by atoms with Gasteiger partial charge in [-0.2, -0.15) is 0 Å². The van der Waals surface area contributed by atoms with Crippen molar-refractivity contribution in [3.63, 3.8) is 0 Å². The number of nitrogens with one attached hydrogen (secondary N) is 1. The Bertz CT molecular complexity index is 815. The lowest BCUT2D eigenvalue weighted by atomic mass is 10.1. The summed E-state index contributed by atoms with van der Waals surface area (Å²) >= 11 is 2.22. The molecular formula is C20H26INO4S. The van der Waals surface area contributed by atoms with Gasteiger partial charge in [0.15, 0.2) is 0 Å². The lowest BCUT2D eigenvalue weighted by Gasteiger charge is -2.11. The number of carbonyl (C=O) groups is 1. The van der Waals surface area contributed by atoms with Gasteiger partial charge in [-0.05, 0) is 90.8 Å². The second-order valence-electron chi connectivity index (χ2n) is 6.70. The summed E-state index contributed by atoms with van der Waals surface area (Å²) in [5.74, 6) is -0.696. The summed E-state index contributed by atoms with van der Waals surface area (Å²) in [6.45, 7) is 0. The highest BCUT2D eigenvalue weighted by Crippen LogP contribution is 2.27. The van der Waals surface area contributed by atoms with Crippen molar-refractivity contribution in [1.29, 1.82) is 0 Å². The summed E-state index contributed by atoms with van der Waals surface area (Å²) in [5, 5.41) is 8.62. The number of aryl methyl sites for hydroxylation is 1. The van der Waals surface area contributed by atoms with Crippen LogP contribution in [0.5, 0.6) is 0 Å². The number of aliphatic carboxylic acids is 1. The van der Waals surface area contributed by atoms with Crippen molar-refractivity contribution >= 4 is 38.6 Å². The van der Waals surface area contributed by atoms with E-state index in [4.69, 9.17) is 5.11 Å². The topological polar surface area (TPSA) is 83.5 Å². The number of carboxylic acids is 1. The molecule has 1 aliphatic rings. The predicted molar refractivity (Wildman–Crippen MR) is 116 cm³/mol. The zero-order chi connectivity index (χ0) is 19.7. The average molecular weight is 503 g/mol. The quantitative estimate of drug-likeness (QED) is 0.267. The molecule has 0 saturated heterocycles. The van der Waals surface area contributed by atoms with Crippen LogP contribution in [0.4, 0.5) is 0 Å². The van der Waals surface area contributed by atoms with E-state index in [2.05, 4.69) is 27.3 Å². The number of hydrogen-bond acceptors (Lipinski definition) is 3. The van der Waals surface area contributed by atoms with Crippen molar-refractivity contribution in [2.75, 3.05) is 5.75 Å². The van der Waals surface area contributed by atoms with Gasteiger partial charge in [0.05, 0.1) is 5.75 Å². The van der Waals surface area contributed by atoms with Gasteiger partial charge in [-0.3, -0.25) is 9.52 Å². The molecule has 2 rings (SSSR count). The van der Waals surface area contributed by atoms with Gasteiger partial charge in [0, 0.05) is 15.7 Å². The molecule has 7 heteroatoms. The molecule has 0 atom stereocenters. The lowest BCUT2D eigenvalue weighted by Crippen LogP contribution is -2.26. The van der Waals surface area contributed by atoms with Crippen LogP contribution in [0.25, 0.3) is 0 Å².